The van der Waals surface area contributed by atoms with Gasteiger partial charge in [-0.2, -0.15) is 0 Å². The fraction of sp³-hybridized carbons (Fsp3) is 0.500. The van der Waals surface area contributed by atoms with Crippen LogP contribution < -0.4 is 10.1 Å². The van der Waals surface area contributed by atoms with Crippen LogP contribution in [0.15, 0.2) is 30.9 Å². The summed E-state index contributed by atoms with van der Waals surface area (Å²) in [6.07, 6.45) is 4.23. The Bertz CT molecular complexity index is 450. The Labute approximate surface area is 126 Å². The minimum Gasteiger partial charge on any atom is -0.488 e. The van der Waals surface area contributed by atoms with E-state index in [2.05, 4.69) is 22.9 Å². The van der Waals surface area contributed by atoms with Gasteiger partial charge in [-0.3, -0.25) is 4.90 Å². The first kappa shape index (κ1) is 15.4. The zero-order valence-electron chi connectivity index (χ0n) is 12.1. The highest BCUT2D eigenvalue weighted by atomic mass is 35.5. The summed E-state index contributed by atoms with van der Waals surface area (Å²) < 4.78 is 5.49. The Kier molecular flexibility index (Phi) is 5.89. The smallest absolute Gasteiger partial charge is 0.138 e. The van der Waals surface area contributed by atoms with E-state index in [-0.39, 0.29) is 0 Å². The van der Waals surface area contributed by atoms with Crippen LogP contribution in [0.25, 0.3) is 0 Å². The molecule has 1 aliphatic heterocycles. The van der Waals surface area contributed by atoms with Crippen molar-refractivity contribution >= 4 is 11.6 Å². The fourth-order valence-corrected chi connectivity index (χ4v) is 2.86. The van der Waals surface area contributed by atoms with Gasteiger partial charge in [0, 0.05) is 19.1 Å². The molecule has 0 aromatic heterocycles. The van der Waals surface area contributed by atoms with E-state index in [9.17, 15) is 0 Å². The molecule has 0 aliphatic carbocycles. The van der Waals surface area contributed by atoms with Gasteiger partial charge in [0.05, 0.1) is 5.02 Å². The lowest BCUT2D eigenvalue weighted by Crippen LogP contribution is -2.43. The van der Waals surface area contributed by atoms with Crippen LogP contribution in [-0.2, 0) is 6.54 Å². The van der Waals surface area contributed by atoms with Crippen molar-refractivity contribution in [1.82, 2.24) is 10.2 Å². The number of piperidine rings is 1. The molecule has 0 radical (unpaired) electrons. The van der Waals surface area contributed by atoms with Gasteiger partial charge >= 0.3 is 0 Å². The molecule has 0 spiro atoms. The van der Waals surface area contributed by atoms with E-state index in [4.69, 9.17) is 16.3 Å². The molecule has 1 aliphatic rings. The molecule has 20 heavy (non-hydrogen) atoms. The number of benzene rings is 1. The quantitative estimate of drug-likeness (QED) is 0.816. The van der Waals surface area contributed by atoms with Gasteiger partial charge in [0.1, 0.15) is 12.4 Å². The zero-order valence-corrected chi connectivity index (χ0v) is 12.8. The number of likely N-dealkylation sites (tertiary alicyclic amines) is 1. The molecule has 0 amide bonds. The van der Waals surface area contributed by atoms with Crippen molar-refractivity contribution in [2.24, 2.45) is 0 Å². The van der Waals surface area contributed by atoms with Crippen molar-refractivity contribution in [3.05, 3.63) is 41.4 Å². The minimum absolute atomic E-state index is 0.481. The van der Waals surface area contributed by atoms with Gasteiger partial charge in [-0.15, -0.1) is 0 Å². The zero-order chi connectivity index (χ0) is 14.4. The molecule has 3 nitrogen and oxygen atoms in total. The minimum atomic E-state index is 0.481. The van der Waals surface area contributed by atoms with Crippen molar-refractivity contribution in [3.63, 3.8) is 0 Å². The van der Waals surface area contributed by atoms with Crippen LogP contribution in [0.4, 0.5) is 0 Å². The average molecular weight is 295 g/mol. The molecule has 110 valence electrons. The van der Waals surface area contributed by atoms with Gasteiger partial charge in [0.15, 0.2) is 0 Å². The van der Waals surface area contributed by atoms with Crippen LogP contribution >= 0.6 is 11.6 Å². The van der Waals surface area contributed by atoms with Gasteiger partial charge in [-0.25, -0.2) is 0 Å². The van der Waals surface area contributed by atoms with Crippen LogP contribution in [0, 0.1) is 0 Å². The number of hydrogen-bond donors (Lipinski definition) is 1. The van der Waals surface area contributed by atoms with Crippen LogP contribution in [0.5, 0.6) is 5.75 Å². The van der Waals surface area contributed by atoms with E-state index in [0.717, 1.165) is 25.4 Å². The lowest BCUT2D eigenvalue weighted by molar-refractivity contribution is 0.188. The molecule has 1 N–H and O–H groups in total. The summed E-state index contributed by atoms with van der Waals surface area (Å²) in [6, 6.07) is 6.64. The number of likely N-dealkylation sites (N-methyl/N-ethyl adjacent to an activating group) is 1. The summed E-state index contributed by atoms with van der Waals surface area (Å²) in [7, 11) is 2.04. The maximum Gasteiger partial charge on any atom is 0.138 e. The Hall–Kier alpha value is -1.03. The molecule has 1 heterocycles. The second-order valence-electron chi connectivity index (χ2n) is 5.23. The first-order chi connectivity index (χ1) is 9.72. The van der Waals surface area contributed by atoms with Gasteiger partial charge in [0.2, 0.25) is 0 Å². The van der Waals surface area contributed by atoms with Crippen LogP contribution in [0.1, 0.15) is 18.4 Å². The molecule has 0 saturated carbocycles. The van der Waals surface area contributed by atoms with E-state index in [1.807, 2.05) is 19.2 Å². The average Bonchev–Trinajstić information content (AvgIpc) is 2.47. The third kappa shape index (κ3) is 4.23. The predicted molar refractivity (Wildman–Crippen MR) is 84.5 cm³/mol. The molecule has 1 saturated heterocycles. The molecule has 0 bridgehead atoms. The molecule has 2 rings (SSSR count). The maximum atomic E-state index is 6.25. The molecule has 1 unspecified atom stereocenters. The number of nitrogens with one attached hydrogen (secondary N) is 1. The topological polar surface area (TPSA) is 24.5 Å². The monoisotopic (exact) mass is 294 g/mol. The third-order valence-corrected chi connectivity index (χ3v) is 3.97. The Morgan fingerprint density at radius 2 is 2.40 bits per heavy atom. The van der Waals surface area contributed by atoms with Crippen molar-refractivity contribution < 1.29 is 4.74 Å². The molecular weight excluding hydrogens is 272 g/mol. The SMILES string of the molecule is C=CCOc1ccc(CN2CCCC(NC)C2)cc1Cl. The lowest BCUT2D eigenvalue weighted by Gasteiger charge is -2.32. The van der Waals surface area contributed by atoms with E-state index in [1.54, 1.807) is 6.08 Å². The number of nitrogens with zero attached hydrogens (tertiary/aromatic N) is 1. The van der Waals surface area contributed by atoms with Crippen molar-refractivity contribution in [2.75, 3.05) is 26.7 Å². The van der Waals surface area contributed by atoms with Crippen LogP contribution in [-0.4, -0.2) is 37.7 Å². The fourth-order valence-electron chi connectivity index (χ4n) is 2.60. The van der Waals surface area contributed by atoms with Gasteiger partial charge in [0.25, 0.3) is 0 Å². The predicted octanol–water partition coefficient (Wildman–Crippen LogP) is 3.09. The molecule has 1 atom stereocenters. The van der Waals surface area contributed by atoms with Gasteiger partial charge in [-0.1, -0.05) is 30.3 Å². The molecule has 1 aromatic rings. The summed E-state index contributed by atoms with van der Waals surface area (Å²) in [4.78, 5) is 2.47. The number of rotatable bonds is 6. The van der Waals surface area contributed by atoms with Crippen LogP contribution in [0.2, 0.25) is 5.02 Å². The largest absolute Gasteiger partial charge is 0.488 e. The standard InChI is InChI=1S/C16H23ClN2O/c1-3-9-20-16-7-6-13(10-15(16)17)11-19-8-4-5-14(12-19)18-2/h3,6-7,10,14,18H,1,4-5,8-9,11-12H2,2H3. The van der Waals surface area contributed by atoms with Crippen molar-refractivity contribution in [3.8, 4) is 5.75 Å². The summed E-state index contributed by atoms with van der Waals surface area (Å²) in [6.45, 7) is 7.32. The highest BCUT2D eigenvalue weighted by Gasteiger charge is 2.18. The van der Waals surface area contributed by atoms with E-state index < -0.39 is 0 Å². The van der Waals surface area contributed by atoms with E-state index in [1.165, 1.54) is 18.4 Å². The number of hydrogen-bond acceptors (Lipinski definition) is 3. The Balaban J connectivity index is 1.95. The summed E-state index contributed by atoms with van der Waals surface area (Å²) in [5, 5.41) is 4.04. The third-order valence-electron chi connectivity index (χ3n) is 3.67. The van der Waals surface area contributed by atoms with Crippen LogP contribution in [0.3, 0.4) is 0 Å². The highest BCUT2D eigenvalue weighted by Crippen LogP contribution is 2.26. The summed E-state index contributed by atoms with van der Waals surface area (Å²) in [5.74, 6) is 0.724. The van der Waals surface area contributed by atoms with Crippen molar-refractivity contribution in [1.29, 1.82) is 0 Å². The maximum absolute atomic E-state index is 6.25. The normalized spacial score (nSPS) is 19.8. The van der Waals surface area contributed by atoms with E-state index >= 15 is 0 Å². The number of halogens is 1. The molecule has 1 aromatic carbocycles. The Morgan fingerprint density at radius 1 is 1.55 bits per heavy atom. The van der Waals surface area contributed by atoms with E-state index in [0.29, 0.717) is 17.7 Å². The Morgan fingerprint density at radius 3 is 3.10 bits per heavy atom. The van der Waals surface area contributed by atoms with Gasteiger partial charge < -0.3 is 10.1 Å². The van der Waals surface area contributed by atoms with Crippen molar-refractivity contribution in [2.45, 2.75) is 25.4 Å². The second-order valence-corrected chi connectivity index (χ2v) is 5.63. The summed E-state index contributed by atoms with van der Waals surface area (Å²) >= 11 is 6.25. The molecule has 1 fully saturated rings. The number of ether oxygens (including phenoxy) is 1. The lowest BCUT2D eigenvalue weighted by atomic mass is 10.1. The second kappa shape index (κ2) is 7.67. The first-order valence-corrected chi connectivity index (χ1v) is 7.52. The molecule has 4 heteroatoms. The highest BCUT2D eigenvalue weighted by molar-refractivity contribution is 6.32. The van der Waals surface area contributed by atoms with Gasteiger partial charge in [-0.05, 0) is 44.1 Å². The first-order valence-electron chi connectivity index (χ1n) is 7.14. The molecular formula is C16H23ClN2O. The summed E-state index contributed by atoms with van der Waals surface area (Å²) in [5.41, 5.74) is 1.23.